The topological polar surface area (TPSA) is 88.5 Å². The second-order valence-electron chi connectivity index (χ2n) is 8.47. The van der Waals surface area contributed by atoms with Gasteiger partial charge in [0.2, 0.25) is 5.91 Å². The van der Waals surface area contributed by atoms with E-state index in [2.05, 4.69) is 26.5 Å². The normalized spacial score (nSPS) is 14.5. The highest BCUT2D eigenvalue weighted by atomic mass is 16.2. The van der Waals surface area contributed by atoms with Crippen molar-refractivity contribution >= 4 is 23.2 Å². The fourth-order valence-electron chi connectivity index (χ4n) is 3.71. The highest BCUT2D eigenvalue weighted by molar-refractivity contribution is 6.04. The number of nitrogens with one attached hydrogen (secondary N) is 2. The molecule has 1 saturated heterocycles. The van der Waals surface area contributed by atoms with E-state index in [1.807, 2.05) is 44.2 Å². The van der Waals surface area contributed by atoms with Crippen molar-refractivity contribution in [2.24, 2.45) is 5.92 Å². The van der Waals surface area contributed by atoms with Crippen molar-refractivity contribution in [3.05, 3.63) is 59.7 Å². The number of para-hydroxylation sites is 1. The van der Waals surface area contributed by atoms with Crippen LogP contribution in [0.15, 0.2) is 48.5 Å². The third-order valence-electron chi connectivity index (χ3n) is 5.43. The summed E-state index contributed by atoms with van der Waals surface area (Å²) < 4.78 is 0. The van der Waals surface area contributed by atoms with E-state index in [0.29, 0.717) is 29.3 Å². The van der Waals surface area contributed by atoms with Crippen LogP contribution in [0.2, 0.25) is 0 Å². The van der Waals surface area contributed by atoms with Crippen molar-refractivity contribution in [1.82, 2.24) is 10.2 Å². The Morgan fingerprint density at radius 1 is 1.03 bits per heavy atom. The largest absolute Gasteiger partial charge is 0.370 e. The average molecular weight is 434 g/mol. The van der Waals surface area contributed by atoms with Gasteiger partial charge in [-0.15, -0.1) is 0 Å². The predicted octanol–water partition coefficient (Wildman–Crippen LogP) is 3.09. The van der Waals surface area contributed by atoms with Crippen molar-refractivity contribution < 1.29 is 9.59 Å². The van der Waals surface area contributed by atoms with E-state index >= 15 is 0 Å². The summed E-state index contributed by atoms with van der Waals surface area (Å²) in [5.74, 6) is 0.0518. The van der Waals surface area contributed by atoms with Crippen molar-refractivity contribution in [3.63, 3.8) is 0 Å². The molecular weight excluding hydrogens is 402 g/mol. The molecule has 7 nitrogen and oxygen atoms in total. The van der Waals surface area contributed by atoms with Gasteiger partial charge >= 0.3 is 0 Å². The molecule has 2 N–H and O–H groups in total. The van der Waals surface area contributed by atoms with Crippen LogP contribution in [0.4, 0.5) is 11.4 Å². The molecule has 2 amide bonds. The van der Waals surface area contributed by atoms with Crippen molar-refractivity contribution in [2.75, 3.05) is 49.5 Å². The predicted molar refractivity (Wildman–Crippen MR) is 127 cm³/mol. The molecule has 0 radical (unpaired) electrons. The van der Waals surface area contributed by atoms with Gasteiger partial charge in [0.05, 0.1) is 29.4 Å². The number of nitriles is 1. The number of hydrogen-bond donors (Lipinski definition) is 2. The molecule has 0 spiro atoms. The first kappa shape index (κ1) is 23.3. The Hall–Kier alpha value is -3.37. The van der Waals surface area contributed by atoms with Crippen LogP contribution in [0.25, 0.3) is 0 Å². The Morgan fingerprint density at radius 3 is 2.50 bits per heavy atom. The molecule has 2 aromatic carbocycles. The molecule has 1 heterocycles. The van der Waals surface area contributed by atoms with Crippen LogP contribution in [-0.2, 0) is 4.79 Å². The molecule has 0 bridgehead atoms. The summed E-state index contributed by atoms with van der Waals surface area (Å²) >= 11 is 0. The van der Waals surface area contributed by atoms with Gasteiger partial charge in [0.1, 0.15) is 0 Å². The smallest absolute Gasteiger partial charge is 0.253 e. The maximum absolute atomic E-state index is 12.7. The summed E-state index contributed by atoms with van der Waals surface area (Å²) in [4.78, 5) is 29.7. The van der Waals surface area contributed by atoms with Crippen LogP contribution in [0.5, 0.6) is 0 Å². The molecule has 2 aromatic rings. The second kappa shape index (κ2) is 11.3. The summed E-state index contributed by atoms with van der Waals surface area (Å²) in [6, 6.07) is 16.9. The quantitative estimate of drug-likeness (QED) is 0.701. The number of benzene rings is 2. The van der Waals surface area contributed by atoms with Crippen LogP contribution >= 0.6 is 0 Å². The minimum absolute atomic E-state index is 0.124. The summed E-state index contributed by atoms with van der Waals surface area (Å²) in [5.41, 5.74) is 2.76. The maximum atomic E-state index is 12.7. The Kier molecular flexibility index (Phi) is 8.23. The molecule has 1 aliphatic heterocycles. The number of amides is 2. The summed E-state index contributed by atoms with van der Waals surface area (Å²) in [6.45, 7) is 8.26. The highest BCUT2D eigenvalue weighted by Gasteiger charge is 2.19. The maximum Gasteiger partial charge on any atom is 0.253 e. The second-order valence-corrected chi connectivity index (χ2v) is 8.47. The van der Waals surface area contributed by atoms with Gasteiger partial charge in [-0.25, -0.2) is 0 Å². The number of carbonyl (C=O) groups excluding carboxylic acids is 2. The lowest BCUT2D eigenvalue weighted by atomic mass is 10.1. The van der Waals surface area contributed by atoms with E-state index in [9.17, 15) is 9.59 Å². The number of carbonyl (C=O) groups is 2. The molecular formula is C25H31N5O2. The summed E-state index contributed by atoms with van der Waals surface area (Å²) in [5, 5.41) is 14.8. The number of nitrogens with zero attached hydrogens (tertiary/aromatic N) is 3. The fraction of sp³-hybridized carbons (Fsp3) is 0.400. The van der Waals surface area contributed by atoms with Gasteiger partial charge in [-0.05, 0) is 48.7 Å². The highest BCUT2D eigenvalue weighted by Crippen LogP contribution is 2.18. The van der Waals surface area contributed by atoms with E-state index in [-0.39, 0.29) is 18.4 Å². The van der Waals surface area contributed by atoms with Crippen LogP contribution in [0.1, 0.15) is 36.2 Å². The minimum atomic E-state index is -0.178. The van der Waals surface area contributed by atoms with Crippen LogP contribution in [-0.4, -0.2) is 56.0 Å². The van der Waals surface area contributed by atoms with E-state index in [1.165, 1.54) is 0 Å². The van der Waals surface area contributed by atoms with Crippen molar-refractivity contribution in [2.45, 2.75) is 20.3 Å². The Balaban J connectivity index is 1.55. The zero-order valence-corrected chi connectivity index (χ0v) is 18.8. The SMILES string of the molecule is CC(C)CNC(=O)c1ccccc1NC(=O)CN1CCCN(c2ccc(C#N)cc2)CC1. The molecule has 0 aliphatic carbocycles. The van der Waals surface area contributed by atoms with Gasteiger partial charge in [-0.2, -0.15) is 5.26 Å². The first-order chi connectivity index (χ1) is 15.5. The Labute approximate surface area is 190 Å². The zero-order chi connectivity index (χ0) is 22.9. The van der Waals surface area contributed by atoms with E-state index < -0.39 is 0 Å². The minimum Gasteiger partial charge on any atom is -0.370 e. The molecule has 0 atom stereocenters. The first-order valence-corrected chi connectivity index (χ1v) is 11.1. The molecule has 1 aliphatic rings. The third kappa shape index (κ3) is 6.56. The van der Waals surface area contributed by atoms with E-state index in [0.717, 1.165) is 38.3 Å². The monoisotopic (exact) mass is 433 g/mol. The zero-order valence-electron chi connectivity index (χ0n) is 18.8. The summed E-state index contributed by atoms with van der Waals surface area (Å²) in [6.07, 6.45) is 0.946. The van der Waals surface area contributed by atoms with E-state index in [4.69, 9.17) is 5.26 Å². The van der Waals surface area contributed by atoms with Crippen LogP contribution in [0.3, 0.4) is 0 Å². The van der Waals surface area contributed by atoms with Gasteiger partial charge in [-0.3, -0.25) is 14.5 Å². The first-order valence-electron chi connectivity index (χ1n) is 11.1. The number of hydrogen-bond acceptors (Lipinski definition) is 5. The molecule has 0 saturated carbocycles. The van der Waals surface area contributed by atoms with Gasteiger partial charge in [0.25, 0.3) is 5.91 Å². The third-order valence-corrected chi connectivity index (χ3v) is 5.43. The Morgan fingerprint density at radius 2 is 1.78 bits per heavy atom. The molecule has 0 aromatic heterocycles. The van der Waals surface area contributed by atoms with E-state index in [1.54, 1.807) is 18.2 Å². The molecule has 32 heavy (non-hydrogen) atoms. The van der Waals surface area contributed by atoms with Crippen molar-refractivity contribution in [3.8, 4) is 6.07 Å². The molecule has 168 valence electrons. The van der Waals surface area contributed by atoms with Gasteiger partial charge in [-0.1, -0.05) is 26.0 Å². The lowest BCUT2D eigenvalue weighted by Gasteiger charge is -2.23. The molecule has 1 fully saturated rings. The van der Waals surface area contributed by atoms with Gasteiger partial charge in [0.15, 0.2) is 0 Å². The van der Waals surface area contributed by atoms with Crippen molar-refractivity contribution in [1.29, 1.82) is 5.26 Å². The van der Waals surface area contributed by atoms with Gasteiger partial charge < -0.3 is 15.5 Å². The average Bonchev–Trinajstić information content (AvgIpc) is 3.03. The number of rotatable bonds is 7. The van der Waals surface area contributed by atoms with Gasteiger partial charge in [0, 0.05) is 38.4 Å². The summed E-state index contributed by atoms with van der Waals surface area (Å²) in [7, 11) is 0. The van der Waals surface area contributed by atoms with Crippen LogP contribution < -0.4 is 15.5 Å². The lowest BCUT2D eigenvalue weighted by molar-refractivity contribution is -0.117. The standard InChI is InChI=1S/C25H31N5O2/c1-19(2)17-27-25(32)22-6-3-4-7-23(22)28-24(31)18-29-12-5-13-30(15-14-29)21-10-8-20(16-26)9-11-21/h3-4,6-11,19H,5,12-15,17-18H2,1-2H3,(H,27,32)(H,28,31). The molecule has 0 unspecified atom stereocenters. The van der Waals surface area contributed by atoms with Crippen LogP contribution in [0, 0.1) is 17.2 Å². The number of anilines is 2. The lowest BCUT2D eigenvalue weighted by Crippen LogP contribution is -2.37. The fourth-order valence-corrected chi connectivity index (χ4v) is 3.71. The molecule has 7 heteroatoms. The Bertz CT molecular complexity index is 965. The molecule has 3 rings (SSSR count).